The summed E-state index contributed by atoms with van der Waals surface area (Å²) >= 11 is 0. The molecule has 2 atom stereocenters. The Balaban J connectivity index is 1.02. The predicted octanol–water partition coefficient (Wildman–Crippen LogP) is 5.73. The van der Waals surface area contributed by atoms with Gasteiger partial charge >= 0.3 is 6.03 Å². The fourth-order valence-corrected chi connectivity index (χ4v) is 8.02. The van der Waals surface area contributed by atoms with Gasteiger partial charge in [-0.05, 0) is 86.0 Å². The summed E-state index contributed by atoms with van der Waals surface area (Å²) in [7, 11) is 0. The lowest BCUT2D eigenvalue weighted by atomic mass is 9.95. The zero-order valence-corrected chi connectivity index (χ0v) is 29.6. The molecule has 11 heteroatoms. The average molecular weight is 683 g/mol. The summed E-state index contributed by atoms with van der Waals surface area (Å²) in [5.74, 6) is 0.827. The molecule has 10 nitrogen and oxygen atoms in total. The van der Waals surface area contributed by atoms with Gasteiger partial charge in [0.1, 0.15) is 17.8 Å². The zero-order valence-electron chi connectivity index (χ0n) is 29.6. The number of aliphatic hydroxyl groups excluding tert-OH is 1. The number of H-pyrrole nitrogens is 1. The molecule has 266 valence electrons. The first-order chi connectivity index (χ1) is 24.2. The van der Waals surface area contributed by atoms with Crippen LogP contribution < -0.4 is 10.6 Å². The molecule has 2 aromatic carbocycles. The molecule has 3 fully saturated rings. The lowest BCUT2D eigenvalue weighted by Gasteiger charge is -2.37. The van der Waals surface area contributed by atoms with Gasteiger partial charge in [0.2, 0.25) is 0 Å². The Morgan fingerprint density at radius 2 is 1.76 bits per heavy atom. The van der Waals surface area contributed by atoms with Gasteiger partial charge in [0.05, 0.1) is 11.8 Å². The zero-order chi connectivity index (χ0) is 34.8. The van der Waals surface area contributed by atoms with Gasteiger partial charge in [-0.1, -0.05) is 38.1 Å². The monoisotopic (exact) mass is 682 g/mol. The summed E-state index contributed by atoms with van der Waals surface area (Å²) < 4.78 is 15.1. The fraction of sp³-hybridized carbons (Fsp3) is 0.513. The first kappa shape index (κ1) is 34.5. The predicted molar refractivity (Wildman–Crippen MR) is 196 cm³/mol. The van der Waals surface area contributed by atoms with Crippen LogP contribution >= 0.6 is 0 Å². The van der Waals surface area contributed by atoms with E-state index in [4.69, 9.17) is 0 Å². The molecular weight excluding hydrogens is 631 g/mol. The van der Waals surface area contributed by atoms with Crippen molar-refractivity contribution in [3.05, 3.63) is 65.7 Å². The third-order valence-corrected chi connectivity index (χ3v) is 10.9. The van der Waals surface area contributed by atoms with E-state index in [9.17, 15) is 9.90 Å². The van der Waals surface area contributed by atoms with E-state index in [1.807, 2.05) is 13.0 Å². The van der Waals surface area contributed by atoms with Gasteiger partial charge in [-0.3, -0.25) is 4.90 Å². The topological polar surface area (TPSA) is 113 Å². The Kier molecular flexibility index (Phi) is 10.5. The summed E-state index contributed by atoms with van der Waals surface area (Å²) in [5, 5.41) is 17.7. The molecule has 3 aliphatic rings. The Hall–Kier alpha value is -3.90. The van der Waals surface area contributed by atoms with Crippen molar-refractivity contribution in [1.82, 2.24) is 35.0 Å². The number of fused-ring (bicyclic) bond motifs is 1. The minimum absolute atomic E-state index is 0.0354. The molecule has 0 radical (unpaired) electrons. The fourth-order valence-electron chi connectivity index (χ4n) is 8.02. The number of halogens is 1. The summed E-state index contributed by atoms with van der Waals surface area (Å²) in [6, 6.07) is 13.2. The van der Waals surface area contributed by atoms with Gasteiger partial charge in [-0.25, -0.2) is 19.2 Å². The SMILES string of the molecule is Cc1c(NC(=O)N2CC(O)C(CC(C)C)C2)cc(F)cc1-c1ncnc2[nH]c(-c3ccc(CN4CCN(CC5CCNCC5)CC4)cc3)cc12. The van der Waals surface area contributed by atoms with Crippen LogP contribution in [0.1, 0.15) is 44.2 Å². The van der Waals surface area contributed by atoms with Gasteiger partial charge in [-0.2, -0.15) is 0 Å². The molecule has 5 heterocycles. The highest BCUT2D eigenvalue weighted by Gasteiger charge is 2.34. The van der Waals surface area contributed by atoms with Crippen LogP contribution in [-0.4, -0.2) is 106 Å². The van der Waals surface area contributed by atoms with Crippen LogP contribution in [0, 0.1) is 30.5 Å². The summed E-state index contributed by atoms with van der Waals surface area (Å²) in [5.41, 5.74) is 6.17. The average Bonchev–Trinajstić information content (AvgIpc) is 3.71. The van der Waals surface area contributed by atoms with E-state index in [0.29, 0.717) is 40.6 Å². The maximum atomic E-state index is 15.1. The maximum Gasteiger partial charge on any atom is 0.321 e. The number of urea groups is 1. The van der Waals surface area contributed by atoms with Crippen LogP contribution in [-0.2, 0) is 6.54 Å². The second-order valence-corrected chi connectivity index (χ2v) is 15.1. The van der Waals surface area contributed by atoms with Crippen molar-refractivity contribution in [2.75, 3.05) is 64.2 Å². The third kappa shape index (κ3) is 7.86. The first-order valence-corrected chi connectivity index (χ1v) is 18.3. The van der Waals surface area contributed by atoms with Crippen molar-refractivity contribution in [3.8, 4) is 22.5 Å². The third-order valence-electron chi connectivity index (χ3n) is 10.9. The van der Waals surface area contributed by atoms with Crippen LogP contribution in [0.4, 0.5) is 14.9 Å². The number of aromatic amines is 1. The molecule has 2 aromatic heterocycles. The number of nitrogens with zero attached hydrogens (tertiary/aromatic N) is 5. The van der Waals surface area contributed by atoms with Gasteiger partial charge < -0.3 is 30.5 Å². The van der Waals surface area contributed by atoms with Crippen molar-refractivity contribution in [3.63, 3.8) is 0 Å². The van der Waals surface area contributed by atoms with Gasteiger partial charge in [0.25, 0.3) is 0 Å². The Bertz CT molecular complexity index is 1780. The Morgan fingerprint density at radius 1 is 1.02 bits per heavy atom. The number of hydrogen-bond acceptors (Lipinski definition) is 7. The number of likely N-dealkylation sites (tertiary alicyclic amines) is 1. The molecule has 7 rings (SSSR count). The van der Waals surface area contributed by atoms with Gasteiger partial charge in [0, 0.05) is 80.6 Å². The summed E-state index contributed by atoms with van der Waals surface area (Å²) in [6.45, 7) is 15.8. The molecule has 50 heavy (non-hydrogen) atoms. The van der Waals surface area contributed by atoms with E-state index < -0.39 is 11.9 Å². The summed E-state index contributed by atoms with van der Waals surface area (Å²) in [6.07, 6.45) is 4.36. The summed E-state index contributed by atoms with van der Waals surface area (Å²) in [4.78, 5) is 32.6. The number of amides is 2. The van der Waals surface area contributed by atoms with Gasteiger partial charge in [0.15, 0.2) is 0 Å². The van der Waals surface area contributed by atoms with Crippen molar-refractivity contribution in [2.24, 2.45) is 17.8 Å². The number of carbonyl (C=O) groups excluding carboxylic acids is 1. The number of nitrogens with one attached hydrogen (secondary N) is 3. The smallest absolute Gasteiger partial charge is 0.321 e. The Labute approximate surface area is 294 Å². The molecule has 4 N–H and O–H groups in total. The maximum absolute atomic E-state index is 15.1. The highest BCUT2D eigenvalue weighted by Crippen LogP contribution is 2.35. The highest BCUT2D eigenvalue weighted by atomic mass is 19.1. The van der Waals surface area contributed by atoms with E-state index in [2.05, 4.69) is 73.5 Å². The molecule has 0 saturated carbocycles. The number of carbonyl (C=O) groups is 1. The lowest BCUT2D eigenvalue weighted by Crippen LogP contribution is -2.48. The number of piperazine rings is 1. The number of aromatic nitrogens is 3. The van der Waals surface area contributed by atoms with E-state index in [1.165, 1.54) is 43.4 Å². The minimum atomic E-state index is -0.560. The molecule has 3 saturated heterocycles. The van der Waals surface area contributed by atoms with Crippen LogP contribution in [0.2, 0.25) is 0 Å². The molecular formula is C39H51FN8O2. The van der Waals surface area contributed by atoms with E-state index in [-0.39, 0.29) is 18.5 Å². The van der Waals surface area contributed by atoms with E-state index in [1.54, 1.807) is 4.90 Å². The largest absolute Gasteiger partial charge is 0.391 e. The molecule has 3 aliphatic heterocycles. The number of piperidine rings is 1. The normalized spacial score (nSPS) is 21.0. The molecule has 0 bridgehead atoms. The number of anilines is 1. The van der Waals surface area contributed by atoms with Crippen molar-refractivity contribution in [2.45, 2.75) is 52.7 Å². The van der Waals surface area contributed by atoms with Gasteiger partial charge in [-0.15, -0.1) is 0 Å². The van der Waals surface area contributed by atoms with Crippen molar-refractivity contribution in [1.29, 1.82) is 0 Å². The van der Waals surface area contributed by atoms with Crippen LogP contribution in [0.5, 0.6) is 0 Å². The quantitative estimate of drug-likeness (QED) is 0.179. The molecule has 2 amide bonds. The molecule has 0 aliphatic carbocycles. The number of aliphatic hydroxyl groups is 1. The number of β-amino-alcohol motifs (C(OH)–C–C–N with tert-alkyl or cyclic N) is 1. The lowest BCUT2D eigenvalue weighted by molar-refractivity contribution is 0.107. The van der Waals surface area contributed by atoms with E-state index in [0.717, 1.165) is 74.8 Å². The molecule has 2 unspecified atom stereocenters. The standard InChI is InChI=1S/C39H51FN8O2/c1-25(2)16-30-22-48(23-36(30)49)39(50)45-34-18-31(40)17-32(26(34)3)37-33-19-35(44-38(33)43-24-42-37)29-6-4-27(5-7-29)20-46-12-14-47(15-13-46)21-28-8-10-41-11-9-28/h4-7,17-19,24-25,28,30,36,41,49H,8-16,20-23H2,1-3H3,(H,45,50)(H,42,43,44). The highest BCUT2D eigenvalue weighted by molar-refractivity contribution is 5.97. The molecule has 0 spiro atoms. The van der Waals surface area contributed by atoms with Crippen molar-refractivity contribution < 1.29 is 14.3 Å². The minimum Gasteiger partial charge on any atom is -0.391 e. The van der Waals surface area contributed by atoms with Crippen molar-refractivity contribution >= 4 is 22.8 Å². The first-order valence-electron chi connectivity index (χ1n) is 18.3. The van der Waals surface area contributed by atoms with Crippen LogP contribution in [0.25, 0.3) is 33.5 Å². The van der Waals surface area contributed by atoms with E-state index >= 15 is 4.39 Å². The molecule has 4 aromatic rings. The number of rotatable bonds is 9. The second-order valence-electron chi connectivity index (χ2n) is 15.1. The number of benzene rings is 2. The Morgan fingerprint density at radius 3 is 2.50 bits per heavy atom. The van der Waals surface area contributed by atoms with Crippen LogP contribution in [0.15, 0.2) is 48.8 Å². The number of hydrogen-bond donors (Lipinski definition) is 4. The second kappa shape index (κ2) is 15.1. The van der Waals surface area contributed by atoms with Crippen LogP contribution in [0.3, 0.4) is 0 Å².